The number of phenolic OH excluding ortho intramolecular Hbond substituents is 1. The fraction of sp³-hybridized carbons (Fsp3) is 0.160. The SMILES string of the molecule is C=CC(=O)OCCNc1ccc(NCCOC(=O)C=C)c2c1C(=C)c1c(O)cccc1C2=O. The number of benzene rings is 2. The monoisotopic (exact) mass is 448 g/mol. The number of carbonyl (C=O) groups is 3. The van der Waals surface area contributed by atoms with Crippen LogP contribution in [0.3, 0.4) is 0 Å². The van der Waals surface area contributed by atoms with Crippen LogP contribution in [0.2, 0.25) is 0 Å². The molecule has 0 saturated heterocycles. The van der Waals surface area contributed by atoms with Crippen LogP contribution in [0.5, 0.6) is 5.75 Å². The maximum atomic E-state index is 13.4. The van der Waals surface area contributed by atoms with Gasteiger partial charge in [-0.1, -0.05) is 31.9 Å². The first-order valence-electron chi connectivity index (χ1n) is 10.2. The Bertz CT molecular complexity index is 1150. The Morgan fingerprint density at radius 3 is 1.97 bits per heavy atom. The van der Waals surface area contributed by atoms with Crippen LogP contribution in [0.1, 0.15) is 27.0 Å². The fourth-order valence-electron chi connectivity index (χ4n) is 3.55. The van der Waals surface area contributed by atoms with Gasteiger partial charge in [-0.2, -0.15) is 0 Å². The third-order valence-corrected chi connectivity index (χ3v) is 4.98. The van der Waals surface area contributed by atoms with Crippen molar-refractivity contribution in [2.75, 3.05) is 36.9 Å². The molecule has 0 saturated carbocycles. The minimum absolute atomic E-state index is 0.0444. The molecule has 1 aliphatic rings. The quantitative estimate of drug-likeness (QED) is 0.246. The molecule has 2 aromatic carbocycles. The molecule has 0 aliphatic heterocycles. The first-order chi connectivity index (χ1) is 15.9. The van der Waals surface area contributed by atoms with E-state index in [1.165, 1.54) is 6.07 Å². The maximum absolute atomic E-state index is 13.4. The molecule has 2 aromatic rings. The summed E-state index contributed by atoms with van der Waals surface area (Å²) in [6.45, 7) is 11.6. The van der Waals surface area contributed by atoms with Crippen LogP contribution in [0.15, 0.2) is 62.2 Å². The number of carbonyl (C=O) groups excluding carboxylic acids is 3. The van der Waals surface area contributed by atoms with Crippen LogP contribution in [-0.2, 0) is 19.1 Å². The van der Waals surface area contributed by atoms with Crippen molar-refractivity contribution >= 4 is 34.7 Å². The Balaban J connectivity index is 1.93. The molecule has 33 heavy (non-hydrogen) atoms. The first kappa shape index (κ1) is 23.3. The van der Waals surface area contributed by atoms with Crippen molar-refractivity contribution in [2.45, 2.75) is 0 Å². The number of anilines is 2. The largest absolute Gasteiger partial charge is 0.507 e. The van der Waals surface area contributed by atoms with E-state index in [0.717, 1.165) is 12.2 Å². The second-order valence-corrected chi connectivity index (χ2v) is 7.01. The van der Waals surface area contributed by atoms with Crippen LogP contribution in [0.25, 0.3) is 5.57 Å². The lowest BCUT2D eigenvalue weighted by Gasteiger charge is -2.27. The lowest BCUT2D eigenvalue weighted by molar-refractivity contribution is -0.138. The van der Waals surface area contributed by atoms with Crippen molar-refractivity contribution in [1.82, 2.24) is 0 Å². The molecule has 170 valence electrons. The number of aromatic hydroxyl groups is 1. The van der Waals surface area contributed by atoms with E-state index >= 15 is 0 Å². The fourth-order valence-corrected chi connectivity index (χ4v) is 3.55. The highest BCUT2D eigenvalue weighted by Crippen LogP contribution is 2.45. The lowest BCUT2D eigenvalue weighted by atomic mass is 9.80. The average Bonchev–Trinajstić information content (AvgIpc) is 2.82. The summed E-state index contributed by atoms with van der Waals surface area (Å²) in [6.07, 6.45) is 2.15. The van der Waals surface area contributed by atoms with Gasteiger partial charge in [0.1, 0.15) is 19.0 Å². The van der Waals surface area contributed by atoms with Crippen LogP contribution < -0.4 is 10.6 Å². The molecule has 1 aliphatic carbocycles. The topological polar surface area (TPSA) is 114 Å². The van der Waals surface area contributed by atoms with Crippen molar-refractivity contribution in [3.8, 4) is 5.75 Å². The summed E-state index contributed by atoms with van der Waals surface area (Å²) >= 11 is 0. The summed E-state index contributed by atoms with van der Waals surface area (Å²) in [7, 11) is 0. The number of rotatable bonds is 10. The van der Waals surface area contributed by atoms with Crippen molar-refractivity contribution in [2.24, 2.45) is 0 Å². The van der Waals surface area contributed by atoms with E-state index in [9.17, 15) is 19.5 Å². The third-order valence-electron chi connectivity index (χ3n) is 4.98. The molecule has 0 spiro atoms. The van der Waals surface area contributed by atoms with Gasteiger partial charge in [-0.3, -0.25) is 4.79 Å². The molecule has 8 nitrogen and oxygen atoms in total. The minimum Gasteiger partial charge on any atom is -0.507 e. The van der Waals surface area contributed by atoms with Gasteiger partial charge in [0.05, 0.1) is 5.56 Å². The number of ketones is 1. The Morgan fingerprint density at radius 1 is 0.879 bits per heavy atom. The molecule has 8 heteroatoms. The van der Waals surface area contributed by atoms with Crippen LogP contribution in [0.4, 0.5) is 11.4 Å². The van der Waals surface area contributed by atoms with Crippen molar-refractivity contribution in [3.63, 3.8) is 0 Å². The van der Waals surface area contributed by atoms with Crippen molar-refractivity contribution in [1.29, 1.82) is 0 Å². The van der Waals surface area contributed by atoms with E-state index in [1.807, 2.05) is 0 Å². The highest BCUT2D eigenvalue weighted by Gasteiger charge is 2.32. The van der Waals surface area contributed by atoms with E-state index in [-0.39, 0.29) is 37.8 Å². The molecule has 0 unspecified atom stereocenters. The summed E-state index contributed by atoms with van der Waals surface area (Å²) in [5.41, 5.74) is 3.21. The molecular formula is C25H24N2O6. The van der Waals surface area contributed by atoms with E-state index in [4.69, 9.17) is 9.47 Å². The molecule has 0 heterocycles. The van der Waals surface area contributed by atoms with E-state index < -0.39 is 11.9 Å². The summed E-state index contributed by atoms with van der Waals surface area (Å²) in [5, 5.41) is 16.7. The van der Waals surface area contributed by atoms with Crippen LogP contribution in [-0.4, -0.2) is 49.1 Å². The van der Waals surface area contributed by atoms with Gasteiger partial charge < -0.3 is 25.2 Å². The first-order valence-corrected chi connectivity index (χ1v) is 10.2. The maximum Gasteiger partial charge on any atom is 0.330 e. The van der Waals surface area contributed by atoms with Gasteiger partial charge in [-0.05, 0) is 23.8 Å². The van der Waals surface area contributed by atoms with E-state index in [0.29, 0.717) is 39.2 Å². The average molecular weight is 448 g/mol. The summed E-state index contributed by atoms with van der Waals surface area (Å²) in [5.74, 6) is -1.40. The highest BCUT2D eigenvalue weighted by atomic mass is 16.5. The second-order valence-electron chi connectivity index (χ2n) is 7.01. The molecule has 0 amide bonds. The second kappa shape index (κ2) is 10.3. The lowest BCUT2D eigenvalue weighted by Crippen LogP contribution is -2.21. The van der Waals surface area contributed by atoms with Gasteiger partial charge in [-0.25, -0.2) is 9.59 Å². The molecule has 0 fully saturated rings. The predicted molar refractivity (Wildman–Crippen MR) is 125 cm³/mol. The van der Waals surface area contributed by atoms with Gasteiger partial charge in [-0.15, -0.1) is 0 Å². The molecule has 0 aromatic heterocycles. The smallest absolute Gasteiger partial charge is 0.330 e. The minimum atomic E-state index is -0.538. The number of esters is 2. The number of fused-ring (bicyclic) bond motifs is 2. The predicted octanol–water partition coefficient (Wildman–Crippen LogP) is 3.28. The van der Waals surface area contributed by atoms with Gasteiger partial charge in [0.15, 0.2) is 5.78 Å². The number of hydrogen-bond donors (Lipinski definition) is 3. The summed E-state index contributed by atoms with van der Waals surface area (Å²) in [6, 6.07) is 8.22. The third kappa shape index (κ3) is 4.95. The van der Waals surface area contributed by atoms with E-state index in [2.05, 4.69) is 30.4 Å². The summed E-state index contributed by atoms with van der Waals surface area (Å²) < 4.78 is 9.97. The Labute approximate surface area is 191 Å². The normalized spacial score (nSPS) is 11.6. The van der Waals surface area contributed by atoms with E-state index in [1.54, 1.807) is 24.3 Å². The Hall–Kier alpha value is -4.33. The van der Waals surface area contributed by atoms with Gasteiger partial charge >= 0.3 is 11.9 Å². The standard InChI is InChI=1S/C25H24N2O6/c1-4-20(29)32-13-11-26-17-9-10-18(27-12-14-33-21(30)5-2)24-23(17)15(3)22-16(25(24)31)7-6-8-19(22)28/h4-10,26-28H,1-3,11-14H2. The van der Waals surface area contributed by atoms with Crippen molar-refractivity contribution < 1.29 is 29.0 Å². The zero-order valence-electron chi connectivity index (χ0n) is 18.0. The molecule has 0 bridgehead atoms. The number of hydrogen-bond acceptors (Lipinski definition) is 8. The van der Waals surface area contributed by atoms with Crippen LogP contribution >= 0.6 is 0 Å². The number of nitrogens with one attached hydrogen (secondary N) is 2. The number of ether oxygens (including phenoxy) is 2. The van der Waals surface area contributed by atoms with Crippen LogP contribution in [0, 0.1) is 0 Å². The van der Waals surface area contributed by atoms with Crippen molar-refractivity contribution in [3.05, 3.63) is 84.5 Å². The highest BCUT2D eigenvalue weighted by molar-refractivity contribution is 6.23. The zero-order valence-corrected chi connectivity index (χ0v) is 18.0. The molecule has 3 rings (SSSR count). The molecule has 0 atom stereocenters. The Kier molecular flexibility index (Phi) is 7.30. The number of phenols is 1. The van der Waals surface area contributed by atoms with Gasteiger partial charge in [0.2, 0.25) is 0 Å². The molecule has 0 radical (unpaired) electrons. The van der Waals surface area contributed by atoms with Gasteiger partial charge in [0, 0.05) is 53.3 Å². The summed E-state index contributed by atoms with van der Waals surface area (Å²) in [4.78, 5) is 35.9. The Morgan fingerprint density at radius 2 is 1.42 bits per heavy atom. The zero-order chi connectivity index (χ0) is 24.0. The molecule has 3 N–H and O–H groups in total. The van der Waals surface area contributed by atoms with Gasteiger partial charge in [0.25, 0.3) is 0 Å². The molecular weight excluding hydrogens is 424 g/mol.